The first-order valence-corrected chi connectivity index (χ1v) is 13.7. The van der Waals surface area contributed by atoms with Crippen LogP contribution in [0.2, 0.25) is 0 Å². The summed E-state index contributed by atoms with van der Waals surface area (Å²) in [4.78, 5) is 29.0. The van der Waals surface area contributed by atoms with Crippen molar-refractivity contribution < 1.29 is 36.6 Å². The Kier molecular flexibility index (Phi) is 9.09. The molecule has 5 rings (SSSR count). The van der Waals surface area contributed by atoms with Gasteiger partial charge in [0.05, 0.1) is 26.4 Å². The van der Waals surface area contributed by atoms with Crippen LogP contribution in [0.5, 0.6) is 0 Å². The van der Waals surface area contributed by atoms with E-state index in [4.69, 9.17) is 9.47 Å². The Morgan fingerprint density at radius 1 is 0.732 bits per heavy atom. The topological polar surface area (TPSA) is 83.1 Å². The number of nitrogens with one attached hydrogen (secondary N) is 2. The normalized spacial score (nSPS) is 19.2. The molecule has 1 unspecified atom stereocenters. The summed E-state index contributed by atoms with van der Waals surface area (Å²) in [7, 11) is 0. The molecule has 2 aliphatic heterocycles. The lowest BCUT2D eigenvalue weighted by molar-refractivity contribution is -0.118. The minimum absolute atomic E-state index is 0.0970. The van der Waals surface area contributed by atoms with Gasteiger partial charge in [-0.2, -0.15) is 0 Å². The van der Waals surface area contributed by atoms with E-state index in [1.807, 2.05) is 6.08 Å². The number of allylic oxidation sites excluding steroid dienone is 1. The number of hydrogen-bond acceptors (Lipinski definition) is 6. The van der Waals surface area contributed by atoms with Gasteiger partial charge in [0.25, 0.3) is 0 Å². The van der Waals surface area contributed by atoms with E-state index in [0.717, 1.165) is 0 Å². The average molecular weight is 577 g/mol. The average Bonchev–Trinajstić information content (AvgIpc) is 3.39. The number of ether oxygens (including phenoxy) is 2. The number of carbonyl (C=O) groups excluding carboxylic acids is 2. The zero-order valence-corrected chi connectivity index (χ0v) is 22.5. The van der Waals surface area contributed by atoms with Crippen LogP contribution in [0.25, 0.3) is 0 Å². The van der Waals surface area contributed by atoms with Crippen LogP contribution in [0, 0.1) is 29.2 Å². The molecule has 2 aromatic rings. The van der Waals surface area contributed by atoms with E-state index in [2.05, 4.69) is 10.6 Å². The van der Waals surface area contributed by atoms with Crippen molar-refractivity contribution in [2.45, 2.75) is 25.7 Å². The summed E-state index contributed by atoms with van der Waals surface area (Å²) in [5.74, 6) is -5.12. The second-order valence-corrected chi connectivity index (χ2v) is 10.3. The molecule has 220 valence electrons. The summed E-state index contributed by atoms with van der Waals surface area (Å²) in [6, 6.07) is 4.72. The predicted molar refractivity (Wildman–Crippen MR) is 146 cm³/mol. The lowest BCUT2D eigenvalue weighted by atomic mass is 9.94. The zero-order valence-electron chi connectivity index (χ0n) is 22.5. The van der Waals surface area contributed by atoms with Gasteiger partial charge in [-0.05, 0) is 43.0 Å². The van der Waals surface area contributed by atoms with Crippen molar-refractivity contribution in [2.75, 3.05) is 73.0 Å². The van der Waals surface area contributed by atoms with Gasteiger partial charge in [0.2, 0.25) is 11.8 Å². The third-order valence-corrected chi connectivity index (χ3v) is 7.58. The number of morpholine rings is 2. The van der Waals surface area contributed by atoms with Gasteiger partial charge in [0.1, 0.15) is 11.4 Å². The van der Waals surface area contributed by atoms with E-state index >= 15 is 0 Å². The summed E-state index contributed by atoms with van der Waals surface area (Å²) in [6.07, 6.45) is 2.71. The largest absolute Gasteiger partial charge is 0.378 e. The smallest absolute Gasteiger partial charge is 0.228 e. The van der Waals surface area contributed by atoms with E-state index in [0.29, 0.717) is 82.4 Å². The van der Waals surface area contributed by atoms with Crippen LogP contribution in [0.15, 0.2) is 35.9 Å². The number of hydrogen-bond donors (Lipinski definition) is 2. The summed E-state index contributed by atoms with van der Waals surface area (Å²) in [5.41, 5.74) is 0.310. The van der Waals surface area contributed by atoms with Crippen molar-refractivity contribution in [1.82, 2.24) is 0 Å². The molecule has 0 radical (unpaired) electrons. The number of amides is 2. The Morgan fingerprint density at radius 3 is 1.63 bits per heavy atom. The van der Waals surface area contributed by atoms with Crippen molar-refractivity contribution in [3.05, 3.63) is 59.2 Å². The molecule has 1 aliphatic carbocycles. The van der Waals surface area contributed by atoms with Gasteiger partial charge in [0, 0.05) is 50.4 Å². The molecule has 2 N–H and O–H groups in total. The van der Waals surface area contributed by atoms with Gasteiger partial charge < -0.3 is 29.9 Å². The fourth-order valence-electron chi connectivity index (χ4n) is 5.42. The van der Waals surface area contributed by atoms with Gasteiger partial charge in [0.15, 0.2) is 23.3 Å². The quantitative estimate of drug-likeness (QED) is 0.353. The Bertz CT molecular complexity index is 1280. The molecule has 12 heteroatoms. The Balaban J connectivity index is 1.17. The molecule has 1 atom stereocenters. The lowest BCUT2D eigenvalue weighted by Gasteiger charge is -2.29. The molecule has 3 aliphatic rings. The van der Waals surface area contributed by atoms with Gasteiger partial charge in [-0.3, -0.25) is 9.59 Å². The number of nitrogens with zero attached hydrogens (tertiary/aromatic N) is 2. The molecule has 2 amide bonds. The second kappa shape index (κ2) is 12.9. The van der Waals surface area contributed by atoms with Crippen LogP contribution in [-0.4, -0.2) is 64.4 Å². The van der Waals surface area contributed by atoms with E-state index in [-0.39, 0.29) is 18.8 Å². The number of benzene rings is 2. The SMILES string of the molecule is O=C(CC1=CCCC1CC(=O)Nc1c(F)cc(N2CCOCC2)cc1F)Nc1c(F)cc(N2CCOCC2)cc1F. The third-order valence-electron chi connectivity index (χ3n) is 7.58. The Labute approximate surface area is 235 Å². The maximum absolute atomic E-state index is 14.7. The van der Waals surface area contributed by atoms with E-state index < -0.39 is 46.5 Å². The van der Waals surface area contributed by atoms with Gasteiger partial charge in [-0.25, -0.2) is 17.6 Å². The first-order valence-electron chi connectivity index (χ1n) is 13.7. The van der Waals surface area contributed by atoms with Crippen LogP contribution in [0.1, 0.15) is 25.7 Å². The molecule has 2 fully saturated rings. The molecule has 2 heterocycles. The van der Waals surface area contributed by atoms with Gasteiger partial charge in [-0.15, -0.1) is 0 Å². The van der Waals surface area contributed by atoms with Gasteiger partial charge >= 0.3 is 0 Å². The Morgan fingerprint density at radius 2 is 1.17 bits per heavy atom. The predicted octanol–water partition coefficient (Wildman–Crippen LogP) is 4.61. The maximum Gasteiger partial charge on any atom is 0.228 e. The Hall–Kier alpha value is -3.64. The molecule has 8 nitrogen and oxygen atoms in total. The van der Waals surface area contributed by atoms with Gasteiger partial charge in [-0.1, -0.05) is 11.6 Å². The number of rotatable bonds is 8. The minimum Gasteiger partial charge on any atom is -0.378 e. The molecule has 41 heavy (non-hydrogen) atoms. The highest BCUT2D eigenvalue weighted by Crippen LogP contribution is 2.33. The third kappa shape index (κ3) is 6.99. The molecule has 0 aromatic heterocycles. The standard InChI is InChI=1S/C29H32F4N4O4/c30-22-14-20(36-4-8-40-9-5-36)15-23(31)28(22)34-26(38)12-18-2-1-3-19(18)13-27(39)35-29-24(32)16-21(17-25(29)33)37-6-10-41-11-7-37/h2,14-17,19H,1,3-13H2,(H,34,38)(H,35,39). The highest BCUT2D eigenvalue weighted by molar-refractivity contribution is 5.94. The van der Waals surface area contributed by atoms with Crippen molar-refractivity contribution in [3.8, 4) is 0 Å². The van der Waals surface area contributed by atoms with Crippen molar-refractivity contribution in [2.24, 2.45) is 5.92 Å². The fraction of sp³-hybridized carbons (Fsp3) is 0.448. The molecule has 2 aromatic carbocycles. The monoisotopic (exact) mass is 576 g/mol. The van der Waals surface area contributed by atoms with Crippen molar-refractivity contribution in [3.63, 3.8) is 0 Å². The molecule has 0 spiro atoms. The molecule has 0 bridgehead atoms. The second-order valence-electron chi connectivity index (χ2n) is 10.3. The van der Waals surface area contributed by atoms with Crippen molar-refractivity contribution in [1.29, 1.82) is 0 Å². The molecule has 2 saturated heterocycles. The zero-order chi connectivity index (χ0) is 28.9. The van der Waals surface area contributed by atoms with Crippen molar-refractivity contribution >= 4 is 34.6 Å². The van der Waals surface area contributed by atoms with Crippen LogP contribution < -0.4 is 20.4 Å². The summed E-state index contributed by atoms with van der Waals surface area (Å²) in [6.45, 7) is 3.87. The molecular weight excluding hydrogens is 544 g/mol. The molecular formula is C29H32F4N4O4. The van der Waals surface area contributed by atoms with Crippen LogP contribution in [0.4, 0.5) is 40.3 Å². The number of anilines is 4. The highest BCUT2D eigenvalue weighted by atomic mass is 19.1. The number of halogens is 4. The molecule has 0 saturated carbocycles. The van der Waals surface area contributed by atoms with Crippen LogP contribution >= 0.6 is 0 Å². The van der Waals surface area contributed by atoms with Crippen LogP contribution in [-0.2, 0) is 19.1 Å². The van der Waals surface area contributed by atoms with E-state index in [9.17, 15) is 27.2 Å². The first kappa shape index (κ1) is 28.9. The highest BCUT2D eigenvalue weighted by Gasteiger charge is 2.26. The minimum atomic E-state index is -0.889. The summed E-state index contributed by atoms with van der Waals surface area (Å²) in [5, 5.41) is 4.64. The first-order chi connectivity index (χ1) is 19.8. The summed E-state index contributed by atoms with van der Waals surface area (Å²) >= 11 is 0. The van der Waals surface area contributed by atoms with E-state index in [1.54, 1.807) is 9.80 Å². The fourth-order valence-corrected chi connectivity index (χ4v) is 5.42. The van der Waals surface area contributed by atoms with Crippen LogP contribution in [0.3, 0.4) is 0 Å². The van der Waals surface area contributed by atoms with E-state index in [1.165, 1.54) is 24.3 Å². The lowest BCUT2D eigenvalue weighted by Crippen LogP contribution is -2.36. The maximum atomic E-state index is 14.7. The number of carbonyl (C=O) groups is 2. The summed E-state index contributed by atoms with van der Waals surface area (Å²) < 4.78 is 69.5.